The minimum Gasteiger partial charge on any atom is -0.497 e. The molecule has 1 saturated heterocycles. The van der Waals surface area contributed by atoms with Crippen LogP contribution in [0.25, 0.3) is 0 Å². The molecule has 3 aliphatic rings. The van der Waals surface area contributed by atoms with Crippen molar-refractivity contribution in [3.63, 3.8) is 0 Å². The SMILES string of the molecule is COc1cccc([C@@]23CCN(CC4CC4)C[C@@]2(OC)CC[C@@H](N(CC(C)C)C(=O)CCCCCc2ccccc2)C3)c1. The first-order chi connectivity index (χ1) is 20.4. The fraction of sp³-hybridized carbons (Fsp3) is 0.649. The number of amides is 1. The van der Waals surface area contributed by atoms with Crippen LogP contribution in [0.15, 0.2) is 54.6 Å². The van der Waals surface area contributed by atoms with Gasteiger partial charge in [-0.2, -0.15) is 0 Å². The highest BCUT2D eigenvalue weighted by molar-refractivity contribution is 5.76. The first kappa shape index (κ1) is 31.1. The summed E-state index contributed by atoms with van der Waals surface area (Å²) in [4.78, 5) is 18.9. The van der Waals surface area contributed by atoms with Crippen molar-refractivity contribution in [3.8, 4) is 5.75 Å². The number of piperidine rings is 1. The molecule has 2 saturated carbocycles. The molecule has 5 nitrogen and oxygen atoms in total. The van der Waals surface area contributed by atoms with Gasteiger partial charge in [0.1, 0.15) is 5.75 Å². The number of nitrogens with zero attached hydrogens (tertiary/aromatic N) is 2. The van der Waals surface area contributed by atoms with E-state index in [4.69, 9.17) is 9.47 Å². The second kappa shape index (κ2) is 13.9. The fourth-order valence-corrected chi connectivity index (χ4v) is 7.99. The van der Waals surface area contributed by atoms with Crippen molar-refractivity contribution in [1.82, 2.24) is 9.80 Å². The highest BCUT2D eigenvalue weighted by atomic mass is 16.5. The van der Waals surface area contributed by atoms with Gasteiger partial charge in [-0.3, -0.25) is 4.79 Å². The van der Waals surface area contributed by atoms with Crippen molar-refractivity contribution >= 4 is 5.91 Å². The summed E-state index contributed by atoms with van der Waals surface area (Å²) < 4.78 is 12.4. The summed E-state index contributed by atoms with van der Waals surface area (Å²) in [5.41, 5.74) is 2.30. The van der Waals surface area contributed by atoms with Crippen LogP contribution in [0.4, 0.5) is 0 Å². The van der Waals surface area contributed by atoms with E-state index >= 15 is 0 Å². The maximum absolute atomic E-state index is 13.9. The quantitative estimate of drug-likeness (QED) is 0.223. The van der Waals surface area contributed by atoms with Crippen LogP contribution in [0.3, 0.4) is 0 Å². The number of carbonyl (C=O) groups is 1. The first-order valence-corrected chi connectivity index (χ1v) is 16.6. The number of rotatable bonds is 14. The second-order valence-corrected chi connectivity index (χ2v) is 13.8. The average Bonchev–Trinajstić information content (AvgIpc) is 3.83. The van der Waals surface area contributed by atoms with Crippen LogP contribution in [0.2, 0.25) is 0 Å². The number of hydrogen-bond acceptors (Lipinski definition) is 4. The summed E-state index contributed by atoms with van der Waals surface area (Å²) in [6, 6.07) is 19.6. The third-order valence-corrected chi connectivity index (χ3v) is 10.4. The van der Waals surface area contributed by atoms with Crippen LogP contribution in [0.1, 0.15) is 89.2 Å². The minimum atomic E-state index is -0.257. The van der Waals surface area contributed by atoms with Crippen LogP contribution >= 0.6 is 0 Å². The Kier molecular flexibility index (Phi) is 10.3. The van der Waals surface area contributed by atoms with E-state index < -0.39 is 0 Å². The van der Waals surface area contributed by atoms with E-state index in [0.29, 0.717) is 18.2 Å². The second-order valence-electron chi connectivity index (χ2n) is 13.8. The molecule has 0 radical (unpaired) electrons. The molecule has 3 atom stereocenters. The molecule has 0 spiro atoms. The maximum Gasteiger partial charge on any atom is 0.222 e. The molecular formula is C37H54N2O3. The molecule has 3 fully saturated rings. The fourth-order valence-electron chi connectivity index (χ4n) is 7.99. The summed E-state index contributed by atoms with van der Waals surface area (Å²) in [5.74, 6) is 2.55. The van der Waals surface area contributed by atoms with Crippen molar-refractivity contribution in [3.05, 3.63) is 65.7 Å². The maximum atomic E-state index is 13.9. The molecule has 5 rings (SSSR count). The molecule has 0 aromatic heterocycles. The van der Waals surface area contributed by atoms with Crippen LogP contribution < -0.4 is 4.74 Å². The van der Waals surface area contributed by atoms with Gasteiger partial charge in [-0.1, -0.05) is 62.7 Å². The van der Waals surface area contributed by atoms with Gasteiger partial charge in [-0.25, -0.2) is 0 Å². The Hall–Kier alpha value is -2.37. The lowest BCUT2D eigenvalue weighted by Crippen LogP contribution is -2.68. The van der Waals surface area contributed by atoms with Gasteiger partial charge in [-0.05, 0) is 99.4 Å². The van der Waals surface area contributed by atoms with E-state index in [1.807, 2.05) is 13.2 Å². The Labute approximate surface area is 255 Å². The van der Waals surface area contributed by atoms with Crippen molar-refractivity contribution in [1.29, 1.82) is 0 Å². The molecule has 2 aromatic carbocycles. The van der Waals surface area contributed by atoms with Gasteiger partial charge in [0.25, 0.3) is 0 Å². The normalized spacial score (nSPS) is 26.2. The lowest BCUT2D eigenvalue weighted by molar-refractivity contribution is -0.163. The first-order valence-electron chi connectivity index (χ1n) is 16.6. The molecule has 2 aliphatic carbocycles. The summed E-state index contributed by atoms with van der Waals surface area (Å²) in [5, 5.41) is 0. The lowest BCUT2D eigenvalue weighted by Gasteiger charge is -2.61. The van der Waals surface area contributed by atoms with Gasteiger partial charge in [0, 0.05) is 44.6 Å². The van der Waals surface area contributed by atoms with Gasteiger partial charge in [-0.15, -0.1) is 0 Å². The third kappa shape index (κ3) is 7.05. The Morgan fingerprint density at radius 3 is 2.52 bits per heavy atom. The van der Waals surface area contributed by atoms with Crippen LogP contribution in [0.5, 0.6) is 5.75 Å². The number of unbranched alkanes of at least 4 members (excludes halogenated alkanes) is 2. The minimum absolute atomic E-state index is 0.148. The Balaban J connectivity index is 1.33. The molecule has 5 heteroatoms. The number of likely N-dealkylation sites (tertiary alicyclic amines) is 1. The van der Waals surface area contributed by atoms with Crippen LogP contribution in [-0.2, 0) is 21.4 Å². The molecule has 0 unspecified atom stereocenters. The van der Waals surface area contributed by atoms with E-state index in [2.05, 4.69) is 72.2 Å². The largest absolute Gasteiger partial charge is 0.497 e. The monoisotopic (exact) mass is 574 g/mol. The summed E-state index contributed by atoms with van der Waals surface area (Å²) in [6.07, 6.45) is 11.7. The van der Waals surface area contributed by atoms with Crippen molar-refractivity contribution in [2.75, 3.05) is 40.4 Å². The van der Waals surface area contributed by atoms with Gasteiger partial charge < -0.3 is 19.3 Å². The predicted octanol–water partition coefficient (Wildman–Crippen LogP) is 7.27. The van der Waals surface area contributed by atoms with Gasteiger partial charge in [0.05, 0.1) is 12.7 Å². The van der Waals surface area contributed by atoms with Gasteiger partial charge in [0.2, 0.25) is 5.91 Å². The molecule has 1 heterocycles. The molecule has 1 amide bonds. The lowest BCUT2D eigenvalue weighted by atomic mass is 9.55. The number of hydrogen-bond donors (Lipinski definition) is 0. The zero-order valence-corrected chi connectivity index (χ0v) is 26.7. The number of methoxy groups -OCH3 is 2. The van der Waals surface area contributed by atoms with Crippen LogP contribution in [0, 0.1) is 11.8 Å². The van der Waals surface area contributed by atoms with E-state index in [-0.39, 0.29) is 17.1 Å². The zero-order valence-electron chi connectivity index (χ0n) is 26.7. The number of carbonyl (C=O) groups excluding carboxylic acids is 1. The zero-order chi connectivity index (χ0) is 29.6. The smallest absolute Gasteiger partial charge is 0.222 e. The highest BCUT2D eigenvalue weighted by Gasteiger charge is 2.59. The van der Waals surface area contributed by atoms with Crippen molar-refractivity contribution in [2.45, 2.75) is 102 Å². The van der Waals surface area contributed by atoms with E-state index in [1.165, 1.54) is 30.5 Å². The Bertz CT molecular complexity index is 1150. The summed E-state index contributed by atoms with van der Waals surface area (Å²) in [6.45, 7) is 8.59. The molecule has 2 aromatic rings. The Morgan fingerprint density at radius 1 is 1.00 bits per heavy atom. The Morgan fingerprint density at radius 2 is 1.81 bits per heavy atom. The topological polar surface area (TPSA) is 42.0 Å². The molecule has 0 bridgehead atoms. The third-order valence-electron chi connectivity index (χ3n) is 10.4. The molecule has 230 valence electrons. The molecule has 42 heavy (non-hydrogen) atoms. The van der Waals surface area contributed by atoms with Gasteiger partial charge in [0.15, 0.2) is 0 Å². The molecule has 1 aliphatic heterocycles. The van der Waals surface area contributed by atoms with Crippen molar-refractivity contribution in [2.24, 2.45) is 11.8 Å². The van der Waals surface area contributed by atoms with Gasteiger partial charge >= 0.3 is 0 Å². The number of aryl methyl sites for hydroxylation is 1. The average molecular weight is 575 g/mol. The summed E-state index contributed by atoms with van der Waals surface area (Å²) in [7, 11) is 3.69. The number of fused-ring (bicyclic) bond motifs is 1. The van der Waals surface area contributed by atoms with Crippen molar-refractivity contribution < 1.29 is 14.3 Å². The number of benzene rings is 2. The highest BCUT2D eigenvalue weighted by Crippen LogP contribution is 2.55. The number of ether oxygens (including phenoxy) is 2. The van der Waals surface area contributed by atoms with E-state index in [0.717, 1.165) is 82.7 Å². The van der Waals surface area contributed by atoms with Crippen LogP contribution in [-0.4, -0.2) is 67.7 Å². The van der Waals surface area contributed by atoms with E-state index in [1.54, 1.807) is 7.11 Å². The van der Waals surface area contributed by atoms with E-state index in [9.17, 15) is 4.79 Å². The molecular weight excluding hydrogens is 520 g/mol. The molecule has 0 N–H and O–H groups in total. The standard InChI is InChI=1S/C37H54N2O3/c1-29(2)26-39(35(40)17-10-6-9-14-30-12-7-5-8-13-30)33-20-21-37(42-4)28-38(27-31-18-19-31)23-22-36(37,25-33)32-15-11-16-34(24-32)41-3/h5,7-8,11-13,15-16,24,29,31,33H,6,9-10,14,17-23,25-28H2,1-4H3/t33-,36+,37+/m1/s1. The summed E-state index contributed by atoms with van der Waals surface area (Å²) >= 11 is 0. The predicted molar refractivity (Wildman–Crippen MR) is 171 cm³/mol.